The van der Waals surface area contributed by atoms with E-state index in [1.807, 2.05) is 0 Å². The van der Waals surface area contributed by atoms with Crippen molar-refractivity contribution < 1.29 is 0 Å². The van der Waals surface area contributed by atoms with Gasteiger partial charge >= 0.3 is 0 Å². The molecule has 2 nitrogen and oxygen atoms in total. The van der Waals surface area contributed by atoms with E-state index in [2.05, 4.69) is 226 Å². The lowest BCUT2D eigenvalue weighted by Gasteiger charge is -2.49. The van der Waals surface area contributed by atoms with E-state index in [1.165, 1.54) is 95.2 Å². The largest absolute Gasteiger partial charge is 0.334 e. The quantitative estimate of drug-likeness (QED) is 0.173. The summed E-state index contributed by atoms with van der Waals surface area (Å²) in [5.74, 6) is 0. The second-order valence-corrected chi connectivity index (χ2v) is 18.0. The molecule has 2 heteroatoms. The summed E-state index contributed by atoms with van der Waals surface area (Å²) in [6.07, 6.45) is 12.7. The van der Waals surface area contributed by atoms with E-state index in [0.717, 1.165) is 6.42 Å². The van der Waals surface area contributed by atoms with Crippen LogP contribution in [0, 0.1) is 0 Å². The first-order chi connectivity index (χ1) is 28.8. The van der Waals surface area contributed by atoms with Crippen molar-refractivity contribution >= 4 is 40.6 Å². The summed E-state index contributed by atoms with van der Waals surface area (Å²) in [6, 6.07) is 60.2. The highest BCUT2D eigenvalue weighted by molar-refractivity contribution is 5.94. The minimum absolute atomic E-state index is 0.0717. The zero-order valence-electron chi connectivity index (χ0n) is 34.1. The SMILES string of the molecule is CC1(C)C2=CC=CCC2N(c2ccc3c(c2)C2(c4cc(N5c6ccccc6C(C)(C)c6ccccc65)ccc4C=C3)c3ccccc3-c3ccccc32)c2ccccc21. The number of anilines is 5. The fraction of sp³-hybridized carbons (Fsp3) is 0.158. The third kappa shape index (κ3) is 4.52. The maximum Gasteiger partial charge on any atom is 0.0726 e. The third-order valence-corrected chi connectivity index (χ3v) is 14.4. The number of hydrogen-bond acceptors (Lipinski definition) is 2. The molecule has 7 aromatic rings. The van der Waals surface area contributed by atoms with E-state index in [1.54, 1.807) is 0 Å². The molecular weight excluding hydrogens is 713 g/mol. The highest BCUT2D eigenvalue weighted by Crippen LogP contribution is 2.61. The molecule has 2 aliphatic heterocycles. The number of benzene rings is 7. The van der Waals surface area contributed by atoms with Crippen LogP contribution in [-0.4, -0.2) is 6.04 Å². The zero-order chi connectivity index (χ0) is 39.7. The average molecular weight is 759 g/mol. The Bertz CT molecular complexity index is 2910. The predicted octanol–water partition coefficient (Wildman–Crippen LogP) is 14.3. The molecule has 59 heavy (non-hydrogen) atoms. The number of nitrogens with zero attached hydrogens (tertiary/aromatic N) is 2. The van der Waals surface area contributed by atoms with Gasteiger partial charge in [-0.3, -0.25) is 0 Å². The number of fused-ring (bicyclic) bond motifs is 13. The van der Waals surface area contributed by atoms with Crippen molar-refractivity contribution in [2.24, 2.45) is 0 Å². The van der Waals surface area contributed by atoms with Crippen LogP contribution in [0.25, 0.3) is 23.3 Å². The first kappa shape index (κ1) is 34.4. The molecule has 3 aliphatic carbocycles. The van der Waals surface area contributed by atoms with Gasteiger partial charge in [0.2, 0.25) is 0 Å². The third-order valence-electron chi connectivity index (χ3n) is 14.4. The number of para-hydroxylation sites is 3. The minimum atomic E-state index is -0.582. The summed E-state index contributed by atoms with van der Waals surface area (Å²) < 4.78 is 0. The summed E-state index contributed by atoms with van der Waals surface area (Å²) in [4.78, 5) is 5.16. The summed E-state index contributed by atoms with van der Waals surface area (Å²) >= 11 is 0. The second-order valence-electron chi connectivity index (χ2n) is 18.0. The lowest BCUT2D eigenvalue weighted by Crippen LogP contribution is -2.45. The van der Waals surface area contributed by atoms with E-state index in [4.69, 9.17) is 0 Å². The topological polar surface area (TPSA) is 6.48 Å². The molecule has 0 bridgehead atoms. The molecule has 12 rings (SSSR count). The number of allylic oxidation sites excluding steroid dienone is 2. The molecule has 0 saturated heterocycles. The van der Waals surface area contributed by atoms with Gasteiger partial charge in [0.1, 0.15) is 0 Å². The smallest absolute Gasteiger partial charge is 0.0726 e. The van der Waals surface area contributed by atoms with Crippen LogP contribution >= 0.6 is 0 Å². The maximum atomic E-state index is 2.64. The molecule has 1 atom stereocenters. The molecule has 0 fully saturated rings. The molecule has 1 unspecified atom stereocenters. The van der Waals surface area contributed by atoms with Crippen molar-refractivity contribution in [3.63, 3.8) is 0 Å². The second kappa shape index (κ2) is 12.2. The van der Waals surface area contributed by atoms with Crippen LogP contribution < -0.4 is 9.80 Å². The van der Waals surface area contributed by atoms with Crippen LogP contribution in [0.5, 0.6) is 0 Å². The Morgan fingerprint density at radius 1 is 0.458 bits per heavy atom. The molecule has 284 valence electrons. The van der Waals surface area contributed by atoms with Crippen LogP contribution in [-0.2, 0) is 16.2 Å². The van der Waals surface area contributed by atoms with Crippen LogP contribution in [0.3, 0.4) is 0 Å². The van der Waals surface area contributed by atoms with E-state index in [0.29, 0.717) is 0 Å². The Balaban J connectivity index is 1.15. The number of rotatable bonds is 2. The van der Waals surface area contributed by atoms with Gasteiger partial charge in [-0.25, -0.2) is 0 Å². The molecule has 0 saturated carbocycles. The van der Waals surface area contributed by atoms with Crippen LogP contribution in [0.15, 0.2) is 182 Å². The fourth-order valence-corrected chi connectivity index (χ4v) is 11.7. The van der Waals surface area contributed by atoms with Gasteiger partial charge in [-0.1, -0.05) is 173 Å². The van der Waals surface area contributed by atoms with Gasteiger partial charge in [0.25, 0.3) is 0 Å². The Morgan fingerprint density at radius 3 is 1.53 bits per heavy atom. The molecule has 7 aromatic carbocycles. The Kier molecular flexibility index (Phi) is 7.11. The van der Waals surface area contributed by atoms with Crippen molar-refractivity contribution in [1.29, 1.82) is 0 Å². The first-order valence-electron chi connectivity index (χ1n) is 21.2. The summed E-state index contributed by atoms with van der Waals surface area (Å²) in [6.45, 7) is 9.53. The average Bonchev–Trinajstić information content (AvgIpc) is 3.48. The van der Waals surface area contributed by atoms with Crippen LogP contribution in [0.4, 0.5) is 28.4 Å². The molecule has 5 aliphatic rings. The lowest BCUT2D eigenvalue weighted by atomic mass is 9.65. The van der Waals surface area contributed by atoms with E-state index >= 15 is 0 Å². The summed E-state index contributed by atoms with van der Waals surface area (Å²) in [5.41, 5.74) is 21.3. The van der Waals surface area contributed by atoms with Gasteiger partial charge in [-0.05, 0) is 116 Å². The molecular formula is C57H46N2. The van der Waals surface area contributed by atoms with Gasteiger partial charge in [0.05, 0.1) is 22.8 Å². The molecule has 0 radical (unpaired) electrons. The zero-order valence-corrected chi connectivity index (χ0v) is 34.1. The Morgan fingerprint density at radius 2 is 0.932 bits per heavy atom. The maximum absolute atomic E-state index is 2.64. The lowest BCUT2D eigenvalue weighted by molar-refractivity contribution is 0.522. The highest BCUT2D eigenvalue weighted by atomic mass is 15.2. The number of hydrogen-bond donors (Lipinski definition) is 0. The van der Waals surface area contributed by atoms with Crippen LogP contribution in [0.2, 0.25) is 0 Å². The van der Waals surface area contributed by atoms with Gasteiger partial charge in [0, 0.05) is 27.9 Å². The first-order valence-corrected chi connectivity index (χ1v) is 21.2. The predicted molar refractivity (Wildman–Crippen MR) is 247 cm³/mol. The van der Waals surface area contributed by atoms with Crippen molar-refractivity contribution in [3.8, 4) is 11.1 Å². The van der Waals surface area contributed by atoms with Gasteiger partial charge < -0.3 is 9.80 Å². The van der Waals surface area contributed by atoms with Gasteiger partial charge in [0.15, 0.2) is 0 Å². The van der Waals surface area contributed by atoms with Gasteiger partial charge in [-0.15, -0.1) is 0 Å². The van der Waals surface area contributed by atoms with E-state index in [9.17, 15) is 0 Å². The molecule has 2 heterocycles. The van der Waals surface area contributed by atoms with Crippen molar-refractivity contribution in [2.45, 2.75) is 56.4 Å². The van der Waals surface area contributed by atoms with Crippen molar-refractivity contribution in [3.05, 3.63) is 232 Å². The van der Waals surface area contributed by atoms with E-state index < -0.39 is 5.41 Å². The Hall–Kier alpha value is -6.64. The normalized spacial score (nSPS) is 18.9. The van der Waals surface area contributed by atoms with Crippen molar-refractivity contribution in [2.75, 3.05) is 9.80 Å². The highest BCUT2D eigenvalue weighted by Gasteiger charge is 2.50. The molecule has 0 aromatic heterocycles. The molecule has 0 amide bonds. The van der Waals surface area contributed by atoms with Gasteiger partial charge in [-0.2, -0.15) is 0 Å². The van der Waals surface area contributed by atoms with E-state index in [-0.39, 0.29) is 16.9 Å². The Labute approximate surface area is 348 Å². The standard InChI is InChI=1S/C57H46N2/c1-55(2)45-21-9-13-25-51(45)58(52-26-14-10-22-46(52)55)39-33-31-37-29-30-38-32-34-40(59-53-27-15-11-23-47(53)56(3,4)48-24-12-16-28-54(48)59)36-50(38)57(49(37)35-39)43-19-7-5-17-41(43)42-18-6-8-20-44(42)57/h5-27,29-36,54H,28H2,1-4H3. The molecule has 1 spiro atoms. The van der Waals surface area contributed by atoms with Crippen LogP contribution in [0.1, 0.15) is 84.2 Å². The van der Waals surface area contributed by atoms with Crippen molar-refractivity contribution in [1.82, 2.24) is 0 Å². The fourth-order valence-electron chi connectivity index (χ4n) is 11.7. The molecule has 0 N–H and O–H groups in total. The monoisotopic (exact) mass is 758 g/mol. The minimum Gasteiger partial charge on any atom is -0.334 e. The summed E-state index contributed by atoms with van der Waals surface area (Å²) in [7, 11) is 0. The summed E-state index contributed by atoms with van der Waals surface area (Å²) in [5, 5.41) is 0.